The maximum absolute atomic E-state index is 13.2. The summed E-state index contributed by atoms with van der Waals surface area (Å²) in [5.41, 5.74) is 1.31. The van der Waals surface area contributed by atoms with Crippen molar-refractivity contribution in [3.8, 4) is 10.7 Å². The van der Waals surface area contributed by atoms with Gasteiger partial charge >= 0.3 is 0 Å². The third kappa shape index (κ3) is 5.62. The van der Waals surface area contributed by atoms with E-state index in [0.717, 1.165) is 22.6 Å². The highest BCUT2D eigenvalue weighted by Crippen LogP contribution is 2.26. The summed E-state index contributed by atoms with van der Waals surface area (Å²) in [4.78, 5) is 27.3. The van der Waals surface area contributed by atoms with E-state index in [2.05, 4.69) is 48.3 Å². The molecule has 10 heteroatoms. The van der Waals surface area contributed by atoms with Crippen molar-refractivity contribution in [1.29, 1.82) is 0 Å². The van der Waals surface area contributed by atoms with Gasteiger partial charge in [0.1, 0.15) is 11.7 Å². The minimum atomic E-state index is -0.514. The highest BCUT2D eigenvalue weighted by molar-refractivity contribution is 9.10. The number of amides is 1. The normalized spacial score (nSPS) is 11.9. The number of aromatic nitrogens is 4. The van der Waals surface area contributed by atoms with Crippen LogP contribution in [0.25, 0.3) is 10.7 Å². The second-order valence-corrected chi connectivity index (χ2v) is 9.71. The van der Waals surface area contributed by atoms with E-state index in [1.165, 1.54) is 23.1 Å². The van der Waals surface area contributed by atoms with Crippen molar-refractivity contribution >= 4 is 44.9 Å². The summed E-state index contributed by atoms with van der Waals surface area (Å²) in [6, 6.07) is 13.2. The number of hydrogen-bond acceptors (Lipinski definition) is 8. The van der Waals surface area contributed by atoms with Gasteiger partial charge in [-0.3, -0.25) is 4.79 Å². The monoisotopic (exact) mass is 529 g/mol. The lowest BCUT2D eigenvalue weighted by Crippen LogP contribution is -2.31. The summed E-state index contributed by atoms with van der Waals surface area (Å²) in [7, 11) is 0. The number of nitrogens with one attached hydrogen (secondary N) is 1. The Morgan fingerprint density at radius 2 is 2.06 bits per heavy atom. The number of carbonyl (C=O) groups is 1. The molecule has 0 unspecified atom stereocenters. The van der Waals surface area contributed by atoms with Crippen LogP contribution < -0.4 is 5.32 Å². The van der Waals surface area contributed by atoms with Gasteiger partial charge in [0.2, 0.25) is 11.7 Å². The van der Waals surface area contributed by atoms with Gasteiger partial charge in [0.25, 0.3) is 5.91 Å². The Hall–Kier alpha value is -2.56. The van der Waals surface area contributed by atoms with Crippen molar-refractivity contribution in [1.82, 2.24) is 25.4 Å². The molecule has 0 radical (unpaired) electrons. The highest BCUT2D eigenvalue weighted by Gasteiger charge is 2.25. The van der Waals surface area contributed by atoms with Gasteiger partial charge in [-0.2, -0.15) is 4.98 Å². The predicted octanol–water partition coefficient (Wildman–Crippen LogP) is 5.57. The van der Waals surface area contributed by atoms with E-state index < -0.39 is 6.04 Å². The quantitative estimate of drug-likeness (QED) is 0.224. The topological polar surface area (TPSA) is 93.8 Å². The molecule has 1 aromatic carbocycles. The molecule has 4 rings (SSSR count). The van der Waals surface area contributed by atoms with Gasteiger partial charge in [-0.1, -0.05) is 60.2 Å². The molecule has 0 aliphatic heterocycles. The zero-order valence-electron chi connectivity index (χ0n) is 17.2. The Labute approximate surface area is 202 Å². The minimum absolute atomic E-state index is 0.273. The molecule has 0 saturated carbocycles. The maximum atomic E-state index is 13.2. The van der Waals surface area contributed by atoms with Crippen LogP contribution in [-0.2, 0) is 6.42 Å². The van der Waals surface area contributed by atoms with Crippen molar-refractivity contribution in [2.24, 2.45) is 0 Å². The lowest BCUT2D eigenvalue weighted by molar-refractivity contribution is 0.0921. The van der Waals surface area contributed by atoms with Gasteiger partial charge in [-0.05, 0) is 39.4 Å². The Morgan fingerprint density at radius 1 is 1.22 bits per heavy atom. The number of thioether (sulfide) groups is 1. The molecule has 1 amide bonds. The van der Waals surface area contributed by atoms with Gasteiger partial charge in [-0.25, -0.2) is 9.97 Å². The molecule has 7 nitrogen and oxygen atoms in total. The van der Waals surface area contributed by atoms with E-state index >= 15 is 0 Å². The van der Waals surface area contributed by atoms with Crippen LogP contribution in [0, 0.1) is 0 Å². The first kappa shape index (κ1) is 22.6. The third-order valence-electron chi connectivity index (χ3n) is 4.44. The summed E-state index contributed by atoms with van der Waals surface area (Å²) in [6.45, 7) is 2.09. The first-order valence-electron chi connectivity index (χ1n) is 10.0. The lowest BCUT2D eigenvalue weighted by Gasteiger charge is -2.15. The standard InChI is InChI=1S/C22H20BrN5O2S2/c1-2-10-32-22-24-13-15(23)18(26-22)20(29)25-16(12-14-7-4-3-5-8-14)21-27-19(28-30-21)17-9-6-11-31-17/h3-9,11,13,16H,2,10,12H2,1H3,(H,25,29)/t16-/m0/s1. The average Bonchev–Trinajstić information content (AvgIpc) is 3.51. The number of nitrogens with zero attached hydrogens (tertiary/aromatic N) is 4. The third-order valence-corrected chi connectivity index (χ3v) is 6.96. The fourth-order valence-corrected chi connectivity index (χ4v) is 4.62. The van der Waals surface area contributed by atoms with E-state index in [9.17, 15) is 4.79 Å². The van der Waals surface area contributed by atoms with Crippen LogP contribution in [0.4, 0.5) is 0 Å². The van der Waals surface area contributed by atoms with Gasteiger partial charge in [0, 0.05) is 18.4 Å². The first-order chi connectivity index (χ1) is 15.6. The van der Waals surface area contributed by atoms with E-state index in [-0.39, 0.29) is 11.6 Å². The number of halogens is 1. The van der Waals surface area contributed by atoms with Crippen LogP contribution in [0.2, 0.25) is 0 Å². The molecule has 1 N–H and O–H groups in total. The second-order valence-electron chi connectivity index (χ2n) is 6.85. The van der Waals surface area contributed by atoms with Gasteiger partial charge in [-0.15, -0.1) is 11.3 Å². The number of hydrogen-bond donors (Lipinski definition) is 1. The van der Waals surface area contributed by atoms with Crippen molar-refractivity contribution in [2.75, 3.05) is 5.75 Å². The molecule has 0 saturated heterocycles. The number of rotatable bonds is 9. The van der Waals surface area contributed by atoms with E-state index in [1.807, 2.05) is 47.8 Å². The number of benzene rings is 1. The van der Waals surface area contributed by atoms with Crippen LogP contribution in [0.3, 0.4) is 0 Å². The van der Waals surface area contributed by atoms with Crippen LogP contribution in [0.1, 0.15) is 41.3 Å². The molecule has 1 atom stereocenters. The molecular formula is C22H20BrN5O2S2. The fourth-order valence-electron chi connectivity index (χ4n) is 2.93. The molecule has 0 fully saturated rings. The fraction of sp³-hybridized carbons (Fsp3) is 0.227. The molecule has 3 heterocycles. The Kier molecular flexibility index (Phi) is 7.67. The SMILES string of the molecule is CCCSc1ncc(Br)c(C(=O)N[C@@H](Cc2ccccc2)c2nc(-c3cccs3)no2)n1. The van der Waals surface area contributed by atoms with Crippen molar-refractivity contribution < 1.29 is 9.32 Å². The highest BCUT2D eigenvalue weighted by atomic mass is 79.9. The van der Waals surface area contributed by atoms with Crippen molar-refractivity contribution in [3.05, 3.63) is 75.7 Å². The van der Waals surface area contributed by atoms with Gasteiger partial charge in [0.15, 0.2) is 5.16 Å². The Bertz CT molecular complexity index is 1170. The summed E-state index contributed by atoms with van der Waals surface area (Å²) in [5, 5.41) is 9.64. The van der Waals surface area contributed by atoms with Crippen molar-refractivity contribution in [3.63, 3.8) is 0 Å². The van der Waals surface area contributed by atoms with E-state index in [1.54, 1.807) is 6.20 Å². The van der Waals surface area contributed by atoms with Crippen LogP contribution in [0.5, 0.6) is 0 Å². The molecule has 0 spiro atoms. The number of thiophene rings is 1. The summed E-state index contributed by atoms with van der Waals surface area (Å²) in [6.07, 6.45) is 3.10. The summed E-state index contributed by atoms with van der Waals surface area (Å²) >= 11 is 6.44. The lowest BCUT2D eigenvalue weighted by atomic mass is 10.1. The Balaban J connectivity index is 1.60. The van der Waals surface area contributed by atoms with E-state index in [0.29, 0.717) is 27.8 Å². The molecule has 0 aliphatic carbocycles. The summed E-state index contributed by atoms with van der Waals surface area (Å²) in [5.74, 6) is 1.39. The second kappa shape index (κ2) is 10.8. The largest absolute Gasteiger partial charge is 0.339 e. The molecule has 4 aromatic rings. The molecule has 0 bridgehead atoms. The first-order valence-corrected chi connectivity index (χ1v) is 12.7. The molecular weight excluding hydrogens is 510 g/mol. The molecule has 164 valence electrons. The smallest absolute Gasteiger partial charge is 0.271 e. The van der Waals surface area contributed by atoms with Crippen LogP contribution in [-0.4, -0.2) is 31.8 Å². The van der Waals surface area contributed by atoms with Gasteiger partial charge in [0.05, 0.1) is 9.35 Å². The maximum Gasteiger partial charge on any atom is 0.271 e. The molecule has 0 aliphatic rings. The van der Waals surface area contributed by atoms with Crippen LogP contribution >= 0.6 is 39.0 Å². The minimum Gasteiger partial charge on any atom is -0.339 e. The Morgan fingerprint density at radius 3 is 2.81 bits per heavy atom. The summed E-state index contributed by atoms with van der Waals surface area (Å²) < 4.78 is 6.08. The zero-order valence-corrected chi connectivity index (χ0v) is 20.4. The number of carbonyl (C=O) groups excluding carboxylic acids is 1. The molecule has 32 heavy (non-hydrogen) atoms. The van der Waals surface area contributed by atoms with Crippen LogP contribution in [0.15, 0.2) is 68.2 Å². The predicted molar refractivity (Wildman–Crippen MR) is 129 cm³/mol. The zero-order chi connectivity index (χ0) is 22.3. The average molecular weight is 530 g/mol. The van der Waals surface area contributed by atoms with Crippen molar-refractivity contribution in [2.45, 2.75) is 31.0 Å². The van der Waals surface area contributed by atoms with Gasteiger partial charge < -0.3 is 9.84 Å². The van der Waals surface area contributed by atoms with E-state index in [4.69, 9.17) is 4.52 Å². The molecule has 3 aromatic heterocycles.